The summed E-state index contributed by atoms with van der Waals surface area (Å²) in [7, 11) is 0. The minimum absolute atomic E-state index is 0.150. The van der Waals surface area contributed by atoms with E-state index in [1.54, 1.807) is 0 Å². The summed E-state index contributed by atoms with van der Waals surface area (Å²) in [6, 6.07) is 2.17. The first-order valence-corrected chi connectivity index (χ1v) is 10.2. The van der Waals surface area contributed by atoms with E-state index in [0.29, 0.717) is 35.9 Å². The molecule has 2 aliphatic rings. The summed E-state index contributed by atoms with van der Waals surface area (Å²) in [4.78, 5) is 26.7. The highest BCUT2D eigenvalue weighted by molar-refractivity contribution is 6.32. The number of imidazole rings is 1. The van der Waals surface area contributed by atoms with Gasteiger partial charge in [-0.05, 0) is 19.3 Å². The molecular formula is C20H23ClN6O. The Morgan fingerprint density at radius 2 is 2.21 bits per heavy atom. The van der Waals surface area contributed by atoms with E-state index in [-0.39, 0.29) is 23.2 Å². The van der Waals surface area contributed by atoms with E-state index in [9.17, 15) is 10.1 Å². The van der Waals surface area contributed by atoms with Gasteiger partial charge in [-0.25, -0.2) is 9.97 Å². The molecule has 28 heavy (non-hydrogen) atoms. The molecule has 2 aromatic rings. The van der Waals surface area contributed by atoms with E-state index >= 15 is 0 Å². The number of aryl methyl sites for hydroxylation is 1. The van der Waals surface area contributed by atoms with Crippen LogP contribution in [0.25, 0.3) is 11.3 Å². The van der Waals surface area contributed by atoms with Gasteiger partial charge in [0.25, 0.3) is 0 Å². The summed E-state index contributed by atoms with van der Waals surface area (Å²) in [6.07, 6.45) is 5.37. The number of halogens is 1. The highest BCUT2D eigenvalue weighted by atomic mass is 35.5. The van der Waals surface area contributed by atoms with Crippen LogP contribution in [0.5, 0.6) is 0 Å². The number of pyridine rings is 1. The van der Waals surface area contributed by atoms with Crippen molar-refractivity contribution in [3.05, 3.63) is 27.8 Å². The van der Waals surface area contributed by atoms with Crippen molar-refractivity contribution >= 4 is 23.3 Å². The molecule has 1 aliphatic heterocycles. The van der Waals surface area contributed by atoms with Crippen LogP contribution in [-0.2, 0) is 24.2 Å². The monoisotopic (exact) mass is 398 g/mol. The first-order chi connectivity index (χ1) is 13.5. The topological polar surface area (TPSA) is 112 Å². The van der Waals surface area contributed by atoms with Crippen LogP contribution in [0.3, 0.4) is 0 Å². The van der Waals surface area contributed by atoms with Crippen molar-refractivity contribution in [2.45, 2.75) is 52.0 Å². The van der Waals surface area contributed by atoms with Gasteiger partial charge in [0.15, 0.2) is 0 Å². The summed E-state index contributed by atoms with van der Waals surface area (Å²) in [5.41, 5.74) is 9.15. The fourth-order valence-corrected chi connectivity index (χ4v) is 4.00. The van der Waals surface area contributed by atoms with Crippen molar-refractivity contribution < 1.29 is 4.79 Å². The zero-order valence-corrected chi connectivity index (χ0v) is 16.6. The van der Waals surface area contributed by atoms with Gasteiger partial charge in [-0.1, -0.05) is 24.9 Å². The Morgan fingerprint density at radius 1 is 1.43 bits per heavy atom. The number of H-pyrrole nitrogens is 1. The Labute approximate surface area is 168 Å². The molecule has 0 aromatic carbocycles. The van der Waals surface area contributed by atoms with E-state index in [0.717, 1.165) is 49.2 Å². The van der Waals surface area contributed by atoms with Gasteiger partial charge in [0.1, 0.15) is 34.1 Å². The number of nitriles is 1. The number of aromatic nitrogens is 3. The van der Waals surface area contributed by atoms with Crippen molar-refractivity contribution in [1.82, 2.24) is 19.9 Å². The molecule has 0 saturated heterocycles. The van der Waals surface area contributed by atoms with E-state index in [1.165, 1.54) is 0 Å². The number of carbonyl (C=O) groups is 1. The molecule has 1 saturated carbocycles. The molecule has 0 atom stereocenters. The highest BCUT2D eigenvalue weighted by Gasteiger charge is 2.36. The van der Waals surface area contributed by atoms with Crippen LogP contribution >= 0.6 is 11.6 Å². The molecule has 8 heteroatoms. The Morgan fingerprint density at radius 3 is 2.89 bits per heavy atom. The predicted octanol–water partition coefficient (Wildman–Crippen LogP) is 3.22. The van der Waals surface area contributed by atoms with Gasteiger partial charge in [-0.3, -0.25) is 4.79 Å². The molecule has 146 valence electrons. The molecule has 1 amide bonds. The average molecular weight is 399 g/mol. The average Bonchev–Trinajstić information content (AvgIpc) is 3.47. The quantitative estimate of drug-likeness (QED) is 0.803. The molecule has 0 unspecified atom stereocenters. The fourth-order valence-electron chi connectivity index (χ4n) is 3.76. The maximum Gasteiger partial charge on any atom is 0.225 e. The highest BCUT2D eigenvalue weighted by Crippen LogP contribution is 2.39. The zero-order chi connectivity index (χ0) is 19.8. The van der Waals surface area contributed by atoms with Crippen molar-refractivity contribution in [2.75, 3.05) is 12.3 Å². The lowest BCUT2D eigenvalue weighted by molar-refractivity contribution is -0.133. The van der Waals surface area contributed by atoms with Crippen LogP contribution in [0.4, 0.5) is 5.82 Å². The van der Waals surface area contributed by atoms with Crippen LogP contribution in [0.1, 0.15) is 55.3 Å². The minimum Gasteiger partial charge on any atom is -0.383 e. The number of hydrogen-bond donors (Lipinski definition) is 2. The zero-order valence-electron chi connectivity index (χ0n) is 15.9. The lowest BCUT2D eigenvalue weighted by atomic mass is 9.94. The molecule has 0 bridgehead atoms. The van der Waals surface area contributed by atoms with Gasteiger partial charge in [0.05, 0.1) is 5.69 Å². The van der Waals surface area contributed by atoms with Crippen LogP contribution in [0.15, 0.2) is 0 Å². The van der Waals surface area contributed by atoms with Crippen LogP contribution in [0, 0.1) is 17.2 Å². The number of fused-ring (bicyclic) bond motifs is 1. The Balaban J connectivity index is 1.80. The number of nitrogens with two attached hydrogens (primary N) is 1. The lowest BCUT2D eigenvalue weighted by Crippen LogP contribution is -2.37. The largest absolute Gasteiger partial charge is 0.383 e. The van der Waals surface area contributed by atoms with Gasteiger partial charge in [0.2, 0.25) is 5.91 Å². The maximum atomic E-state index is 12.6. The smallest absolute Gasteiger partial charge is 0.225 e. The normalized spacial score (nSPS) is 16.0. The lowest BCUT2D eigenvalue weighted by Gasteiger charge is -2.30. The Hall–Kier alpha value is -2.59. The summed E-state index contributed by atoms with van der Waals surface area (Å²) in [5, 5.41) is 10.1. The van der Waals surface area contributed by atoms with Gasteiger partial charge in [-0.2, -0.15) is 5.26 Å². The summed E-state index contributed by atoms with van der Waals surface area (Å²) in [6.45, 7) is 3.15. The fraction of sp³-hybridized carbons (Fsp3) is 0.500. The third-order valence-corrected chi connectivity index (χ3v) is 5.72. The van der Waals surface area contributed by atoms with Crippen LogP contribution in [0.2, 0.25) is 5.15 Å². The number of nitrogen functional groups attached to an aromatic ring is 1. The van der Waals surface area contributed by atoms with E-state index in [2.05, 4.69) is 27.9 Å². The number of carbonyl (C=O) groups excluding carboxylic acids is 1. The third kappa shape index (κ3) is 3.33. The predicted molar refractivity (Wildman–Crippen MR) is 106 cm³/mol. The van der Waals surface area contributed by atoms with Gasteiger partial charge < -0.3 is 15.6 Å². The number of nitrogens with one attached hydrogen (secondary N) is 1. The number of aromatic amines is 1. The number of nitrogens with zero attached hydrogens (tertiary/aromatic N) is 4. The molecular weight excluding hydrogens is 376 g/mol. The second-order valence-electron chi connectivity index (χ2n) is 7.52. The molecule has 0 spiro atoms. The first-order valence-electron chi connectivity index (χ1n) is 9.78. The van der Waals surface area contributed by atoms with Crippen molar-refractivity contribution in [3.63, 3.8) is 0 Å². The number of rotatable bonds is 5. The standard InChI is InChI=1S/C20H23ClN6O/c1-2-3-4-15-25-17(18(21)26-15)16-12(9-22)19(23)24-14-7-8-27(10-13(14)16)20(28)11-5-6-11/h11H,2-8,10H2,1H3,(H2,23,24)(H,25,26). The molecule has 1 fully saturated rings. The van der Waals surface area contributed by atoms with Crippen molar-refractivity contribution in [2.24, 2.45) is 5.92 Å². The van der Waals surface area contributed by atoms with Crippen molar-refractivity contribution in [1.29, 1.82) is 5.26 Å². The summed E-state index contributed by atoms with van der Waals surface area (Å²) < 4.78 is 0. The second-order valence-corrected chi connectivity index (χ2v) is 7.90. The number of unbranched alkanes of at least 4 members (excludes halogenated alkanes) is 1. The number of anilines is 1. The Bertz CT molecular complexity index is 972. The number of amides is 1. The van der Waals surface area contributed by atoms with Crippen LogP contribution in [-0.4, -0.2) is 32.3 Å². The summed E-state index contributed by atoms with van der Waals surface area (Å²) in [5.74, 6) is 1.31. The van der Waals surface area contributed by atoms with E-state index in [4.69, 9.17) is 17.3 Å². The summed E-state index contributed by atoms with van der Waals surface area (Å²) >= 11 is 6.47. The maximum absolute atomic E-state index is 12.6. The molecule has 2 aromatic heterocycles. The molecule has 3 heterocycles. The first kappa shape index (κ1) is 18.8. The van der Waals surface area contributed by atoms with Gasteiger partial charge in [-0.15, -0.1) is 0 Å². The van der Waals surface area contributed by atoms with Crippen LogP contribution < -0.4 is 5.73 Å². The van der Waals surface area contributed by atoms with E-state index < -0.39 is 0 Å². The molecule has 4 rings (SSSR count). The molecule has 0 radical (unpaired) electrons. The SMILES string of the molecule is CCCCc1nc(-c2c(C#N)c(N)nc3c2CN(C(=O)C2CC2)CC3)c(Cl)[nH]1. The molecule has 1 aliphatic carbocycles. The van der Waals surface area contributed by atoms with Gasteiger partial charge >= 0.3 is 0 Å². The van der Waals surface area contributed by atoms with E-state index in [1.807, 2.05) is 4.90 Å². The molecule has 3 N–H and O–H groups in total. The van der Waals surface area contributed by atoms with Gasteiger partial charge in [0, 0.05) is 43.0 Å². The third-order valence-electron chi connectivity index (χ3n) is 5.44. The number of hydrogen-bond acceptors (Lipinski definition) is 5. The van der Waals surface area contributed by atoms with Crippen molar-refractivity contribution in [3.8, 4) is 17.3 Å². The Kier molecular flexibility index (Phi) is 4.98. The molecule has 7 nitrogen and oxygen atoms in total. The second kappa shape index (κ2) is 7.44. The minimum atomic E-state index is 0.150.